The van der Waals surface area contributed by atoms with E-state index in [-0.39, 0.29) is 0 Å². The summed E-state index contributed by atoms with van der Waals surface area (Å²) in [7, 11) is 0. The van der Waals surface area contributed by atoms with Crippen molar-refractivity contribution in [2.75, 3.05) is 0 Å². The van der Waals surface area contributed by atoms with Crippen LogP contribution in [0.15, 0.2) is 22.4 Å². The Hall–Kier alpha value is -0.470. The van der Waals surface area contributed by atoms with Crippen LogP contribution in [0.3, 0.4) is 0 Å². The molecule has 0 radical (unpaired) electrons. The Morgan fingerprint density at radius 1 is 1.17 bits per heavy atom. The monoisotopic (exact) mass is 194 g/mol. The summed E-state index contributed by atoms with van der Waals surface area (Å²) in [6, 6.07) is 4.24. The highest BCUT2D eigenvalue weighted by Crippen LogP contribution is 2.30. The first kappa shape index (κ1) is 8.14. The molecule has 0 aliphatic heterocycles. The van der Waals surface area contributed by atoms with Gasteiger partial charge in [0.05, 0.1) is 0 Å². The van der Waals surface area contributed by atoms with Gasteiger partial charge in [-0.05, 0) is 47.9 Å². The number of benzene rings is 1. The molecule has 0 atom stereocenters. The average molecular weight is 194 g/mol. The van der Waals surface area contributed by atoms with Gasteiger partial charge in [-0.25, -0.2) is 0 Å². The van der Waals surface area contributed by atoms with Crippen LogP contribution in [0.1, 0.15) is 11.1 Å². The van der Waals surface area contributed by atoms with Crippen molar-refractivity contribution in [3.63, 3.8) is 0 Å². The molecule has 0 bridgehead atoms. The van der Waals surface area contributed by atoms with E-state index in [9.17, 15) is 0 Å². The summed E-state index contributed by atoms with van der Waals surface area (Å²) < 4.78 is 1.34. The normalized spacial score (nSPS) is 10.9. The summed E-state index contributed by atoms with van der Waals surface area (Å²) in [5, 5.41) is 3.60. The van der Waals surface area contributed by atoms with Crippen LogP contribution in [0, 0.1) is 13.8 Å². The maximum atomic E-state index is 4.35. The summed E-state index contributed by atoms with van der Waals surface area (Å²) >= 11 is 6.14. The third kappa shape index (κ3) is 1.15. The van der Waals surface area contributed by atoms with Crippen molar-refractivity contribution >= 4 is 34.1 Å². The van der Waals surface area contributed by atoms with Crippen molar-refractivity contribution < 1.29 is 0 Å². The number of hydrogen-bond acceptors (Lipinski definition) is 2. The quantitative estimate of drug-likeness (QED) is 0.606. The zero-order valence-corrected chi connectivity index (χ0v) is 8.80. The van der Waals surface area contributed by atoms with Gasteiger partial charge in [0, 0.05) is 9.60 Å². The van der Waals surface area contributed by atoms with Gasteiger partial charge in [0.25, 0.3) is 0 Å². The number of rotatable bonds is 0. The lowest BCUT2D eigenvalue weighted by Gasteiger charge is -1.99. The number of aryl methyl sites for hydroxylation is 2. The smallest absolute Gasteiger partial charge is 0.0359 e. The number of thiol groups is 1. The zero-order valence-electron chi connectivity index (χ0n) is 7.09. The minimum atomic E-state index is 1.06. The van der Waals surface area contributed by atoms with Gasteiger partial charge in [-0.2, -0.15) is 0 Å². The molecule has 0 aliphatic rings. The molecule has 1 aromatic heterocycles. The highest BCUT2D eigenvalue weighted by molar-refractivity contribution is 7.80. The van der Waals surface area contributed by atoms with Crippen molar-refractivity contribution in [2.45, 2.75) is 18.7 Å². The number of thiophene rings is 1. The fourth-order valence-corrected chi connectivity index (χ4v) is 3.01. The van der Waals surface area contributed by atoms with E-state index in [2.05, 4.69) is 44.0 Å². The Labute approximate surface area is 81.6 Å². The molecule has 0 nitrogen and oxygen atoms in total. The molecule has 2 heteroatoms. The summed E-state index contributed by atoms with van der Waals surface area (Å²) in [6.45, 7) is 4.30. The Morgan fingerprint density at radius 2 is 1.92 bits per heavy atom. The fraction of sp³-hybridized carbons (Fsp3) is 0.200. The third-order valence-corrected chi connectivity index (χ3v) is 3.35. The second-order valence-corrected chi connectivity index (χ2v) is 4.48. The zero-order chi connectivity index (χ0) is 8.72. The highest BCUT2D eigenvalue weighted by atomic mass is 32.1. The predicted molar refractivity (Wildman–Crippen MR) is 58.6 cm³/mol. The molecule has 0 unspecified atom stereocenters. The van der Waals surface area contributed by atoms with E-state index >= 15 is 0 Å². The first-order chi connectivity index (χ1) is 5.68. The van der Waals surface area contributed by atoms with Crippen LogP contribution in [0.4, 0.5) is 0 Å². The third-order valence-electron chi connectivity index (χ3n) is 2.04. The molecule has 0 spiro atoms. The minimum absolute atomic E-state index is 1.06. The molecule has 0 saturated carbocycles. The van der Waals surface area contributed by atoms with E-state index < -0.39 is 0 Å². The fourth-order valence-electron chi connectivity index (χ4n) is 1.55. The molecule has 2 aromatic rings. The first-order valence-electron chi connectivity index (χ1n) is 3.86. The van der Waals surface area contributed by atoms with Crippen LogP contribution in [0.2, 0.25) is 0 Å². The maximum absolute atomic E-state index is 4.35. The van der Waals surface area contributed by atoms with E-state index in [0.29, 0.717) is 0 Å². The SMILES string of the molecule is Cc1csc2cc(S)cc(C)c12. The summed E-state index contributed by atoms with van der Waals surface area (Å²) in [6.07, 6.45) is 0. The van der Waals surface area contributed by atoms with Crippen LogP contribution in [-0.2, 0) is 0 Å². The lowest BCUT2D eigenvalue weighted by atomic mass is 10.1. The molecular weight excluding hydrogens is 184 g/mol. The van der Waals surface area contributed by atoms with Gasteiger partial charge in [0.1, 0.15) is 0 Å². The van der Waals surface area contributed by atoms with Gasteiger partial charge >= 0.3 is 0 Å². The van der Waals surface area contributed by atoms with Crippen LogP contribution in [-0.4, -0.2) is 0 Å². The first-order valence-corrected chi connectivity index (χ1v) is 5.18. The Balaban J connectivity index is 2.93. The van der Waals surface area contributed by atoms with E-state index in [1.807, 2.05) is 0 Å². The van der Waals surface area contributed by atoms with Crippen molar-refractivity contribution in [2.24, 2.45) is 0 Å². The van der Waals surface area contributed by atoms with Crippen LogP contribution >= 0.6 is 24.0 Å². The van der Waals surface area contributed by atoms with Crippen molar-refractivity contribution in [1.82, 2.24) is 0 Å². The molecule has 2 rings (SSSR count). The van der Waals surface area contributed by atoms with Crippen LogP contribution in [0.25, 0.3) is 10.1 Å². The molecule has 12 heavy (non-hydrogen) atoms. The molecule has 0 amide bonds. The molecule has 62 valence electrons. The molecule has 1 heterocycles. The van der Waals surface area contributed by atoms with Crippen LogP contribution in [0.5, 0.6) is 0 Å². The second kappa shape index (κ2) is 2.79. The lowest BCUT2D eigenvalue weighted by Crippen LogP contribution is -1.76. The van der Waals surface area contributed by atoms with Gasteiger partial charge in [0.15, 0.2) is 0 Å². The molecule has 0 N–H and O–H groups in total. The van der Waals surface area contributed by atoms with Gasteiger partial charge in [-0.15, -0.1) is 24.0 Å². The standard InChI is InChI=1S/C10H10S2/c1-6-3-8(11)4-9-10(6)7(2)5-12-9/h3-5,11H,1-2H3. The van der Waals surface area contributed by atoms with E-state index in [4.69, 9.17) is 0 Å². The van der Waals surface area contributed by atoms with E-state index in [1.54, 1.807) is 11.3 Å². The van der Waals surface area contributed by atoms with Gasteiger partial charge in [-0.3, -0.25) is 0 Å². The topological polar surface area (TPSA) is 0 Å². The Bertz CT molecular complexity index is 427. The molecule has 0 saturated heterocycles. The van der Waals surface area contributed by atoms with Gasteiger partial charge < -0.3 is 0 Å². The summed E-state index contributed by atoms with van der Waals surface area (Å²) in [4.78, 5) is 1.06. The van der Waals surface area contributed by atoms with Crippen LogP contribution < -0.4 is 0 Å². The maximum Gasteiger partial charge on any atom is 0.0359 e. The summed E-state index contributed by atoms with van der Waals surface area (Å²) in [5.74, 6) is 0. The number of hydrogen-bond donors (Lipinski definition) is 1. The van der Waals surface area contributed by atoms with Gasteiger partial charge in [-0.1, -0.05) is 0 Å². The van der Waals surface area contributed by atoms with Crippen molar-refractivity contribution in [3.05, 3.63) is 28.6 Å². The van der Waals surface area contributed by atoms with E-state index in [1.165, 1.54) is 21.2 Å². The Kier molecular flexibility index (Phi) is 1.89. The molecular formula is C10H10S2. The van der Waals surface area contributed by atoms with Crippen molar-refractivity contribution in [1.29, 1.82) is 0 Å². The molecule has 1 aromatic carbocycles. The lowest BCUT2D eigenvalue weighted by molar-refractivity contribution is 1.42. The van der Waals surface area contributed by atoms with Crippen molar-refractivity contribution in [3.8, 4) is 0 Å². The molecule has 0 fully saturated rings. The predicted octanol–water partition coefficient (Wildman–Crippen LogP) is 3.81. The van der Waals surface area contributed by atoms with Gasteiger partial charge in [0.2, 0.25) is 0 Å². The average Bonchev–Trinajstić information content (AvgIpc) is 2.31. The summed E-state index contributed by atoms with van der Waals surface area (Å²) in [5.41, 5.74) is 2.71. The second-order valence-electron chi connectivity index (χ2n) is 3.05. The number of fused-ring (bicyclic) bond motifs is 1. The largest absolute Gasteiger partial charge is 0.143 e. The highest BCUT2D eigenvalue weighted by Gasteiger charge is 2.03. The van der Waals surface area contributed by atoms with E-state index in [0.717, 1.165) is 4.90 Å². The molecule has 0 aliphatic carbocycles. The Morgan fingerprint density at radius 3 is 2.67 bits per heavy atom. The minimum Gasteiger partial charge on any atom is -0.143 e.